The van der Waals surface area contributed by atoms with Crippen LogP contribution in [0, 0.1) is 0 Å². The van der Waals surface area contributed by atoms with Crippen LogP contribution in [-0.4, -0.2) is 30.2 Å². The second-order valence-electron chi connectivity index (χ2n) is 7.44. The molecule has 0 bridgehead atoms. The van der Waals surface area contributed by atoms with E-state index in [0.717, 1.165) is 39.8 Å². The van der Waals surface area contributed by atoms with Crippen molar-refractivity contribution in [1.82, 2.24) is 19.5 Å². The van der Waals surface area contributed by atoms with E-state index in [9.17, 15) is 5.11 Å². The van der Waals surface area contributed by atoms with Crippen LogP contribution in [0.1, 0.15) is 26.6 Å². The van der Waals surface area contributed by atoms with Crippen molar-refractivity contribution < 1.29 is 5.11 Å². The fourth-order valence-electron chi connectivity index (χ4n) is 3.51. The first-order valence-electron chi connectivity index (χ1n) is 9.08. The number of aryl methyl sites for hydroxylation is 1. The van der Waals surface area contributed by atoms with E-state index in [4.69, 9.17) is 10.7 Å². The summed E-state index contributed by atoms with van der Waals surface area (Å²) < 4.78 is 2.07. The molecule has 3 aromatic heterocycles. The predicted octanol–water partition coefficient (Wildman–Crippen LogP) is 3.56. The van der Waals surface area contributed by atoms with Crippen LogP contribution in [0.15, 0.2) is 42.7 Å². The van der Waals surface area contributed by atoms with Gasteiger partial charge in [0.25, 0.3) is 0 Å². The number of nitrogen functional groups attached to an aromatic ring is 1. The molecule has 0 saturated heterocycles. The number of anilines is 1. The minimum absolute atomic E-state index is 0.411. The smallest absolute Gasteiger partial charge is 0.152 e. The molecule has 6 nitrogen and oxygen atoms in total. The van der Waals surface area contributed by atoms with Gasteiger partial charge in [0.15, 0.2) is 5.82 Å². The highest BCUT2D eigenvalue weighted by Gasteiger charge is 2.21. The summed E-state index contributed by atoms with van der Waals surface area (Å²) in [7, 11) is 0. The van der Waals surface area contributed by atoms with Crippen molar-refractivity contribution in [2.24, 2.45) is 0 Å². The first-order valence-corrected chi connectivity index (χ1v) is 9.08. The average molecular weight is 361 g/mol. The molecule has 0 spiro atoms. The van der Waals surface area contributed by atoms with E-state index in [-0.39, 0.29) is 0 Å². The van der Waals surface area contributed by atoms with Gasteiger partial charge in [-0.3, -0.25) is 4.98 Å². The number of benzene rings is 1. The first kappa shape index (κ1) is 17.4. The second kappa shape index (κ2) is 6.32. The molecule has 138 valence electrons. The highest BCUT2D eigenvalue weighted by Crippen LogP contribution is 2.32. The average Bonchev–Trinajstić information content (AvgIpc) is 2.99. The van der Waals surface area contributed by atoms with Crippen molar-refractivity contribution in [3.63, 3.8) is 0 Å². The zero-order valence-corrected chi connectivity index (χ0v) is 15.8. The van der Waals surface area contributed by atoms with Crippen molar-refractivity contribution >= 4 is 27.8 Å². The molecule has 1 aromatic carbocycles. The molecule has 0 aliphatic carbocycles. The Labute approximate surface area is 157 Å². The molecule has 3 heterocycles. The lowest BCUT2D eigenvalue weighted by Crippen LogP contribution is -2.27. The van der Waals surface area contributed by atoms with Gasteiger partial charge in [-0.2, -0.15) is 0 Å². The van der Waals surface area contributed by atoms with Crippen LogP contribution in [0.3, 0.4) is 0 Å². The van der Waals surface area contributed by atoms with Crippen LogP contribution in [0.2, 0.25) is 0 Å². The number of imidazole rings is 1. The Balaban J connectivity index is 2.01. The summed E-state index contributed by atoms with van der Waals surface area (Å²) in [6.45, 7) is 6.09. The fourth-order valence-corrected chi connectivity index (χ4v) is 3.51. The van der Waals surface area contributed by atoms with E-state index < -0.39 is 5.60 Å². The Morgan fingerprint density at radius 2 is 1.81 bits per heavy atom. The van der Waals surface area contributed by atoms with Crippen LogP contribution in [0.25, 0.3) is 33.1 Å². The monoisotopic (exact) mass is 361 g/mol. The molecule has 27 heavy (non-hydrogen) atoms. The molecule has 0 fully saturated rings. The van der Waals surface area contributed by atoms with Gasteiger partial charge in [0.05, 0.1) is 23.2 Å². The molecule has 0 unspecified atom stereocenters. The summed E-state index contributed by atoms with van der Waals surface area (Å²) in [5, 5.41) is 11.4. The normalized spacial score (nSPS) is 12.1. The molecule has 3 N–H and O–H groups in total. The molecule has 4 aromatic rings. The molecular formula is C21H23N5O. The maximum absolute atomic E-state index is 10.4. The Kier molecular flexibility index (Phi) is 4.08. The number of nitrogens with zero attached hydrogens (tertiary/aromatic N) is 4. The number of pyridine rings is 2. The van der Waals surface area contributed by atoms with Gasteiger partial charge in [0, 0.05) is 24.2 Å². The zero-order valence-electron chi connectivity index (χ0n) is 15.8. The number of aliphatic hydroxyl groups is 1. The topological polar surface area (TPSA) is 89.9 Å². The Hall–Kier alpha value is -2.99. The van der Waals surface area contributed by atoms with Crippen molar-refractivity contribution in [1.29, 1.82) is 0 Å². The first-order chi connectivity index (χ1) is 12.9. The van der Waals surface area contributed by atoms with Gasteiger partial charge in [0.1, 0.15) is 11.3 Å². The minimum Gasteiger partial charge on any atom is -0.389 e. The lowest BCUT2D eigenvalue weighted by Gasteiger charge is -2.20. The highest BCUT2D eigenvalue weighted by atomic mass is 16.3. The Bertz CT molecular complexity index is 1130. The van der Waals surface area contributed by atoms with Gasteiger partial charge >= 0.3 is 0 Å². The summed E-state index contributed by atoms with van der Waals surface area (Å²) in [6.07, 6.45) is 4.30. The summed E-state index contributed by atoms with van der Waals surface area (Å²) in [6, 6.07) is 10.1. The number of fused-ring (bicyclic) bond motifs is 3. The Morgan fingerprint density at radius 1 is 1.07 bits per heavy atom. The number of nitrogens with two attached hydrogens (primary N) is 1. The van der Waals surface area contributed by atoms with E-state index in [2.05, 4.69) is 33.6 Å². The molecule has 0 amide bonds. The maximum Gasteiger partial charge on any atom is 0.152 e. The lowest BCUT2D eigenvalue weighted by molar-refractivity contribution is 0.0619. The predicted molar refractivity (Wildman–Crippen MR) is 108 cm³/mol. The Morgan fingerprint density at radius 3 is 2.48 bits per heavy atom. The maximum atomic E-state index is 10.4. The van der Waals surface area contributed by atoms with Gasteiger partial charge in [0.2, 0.25) is 0 Å². The summed E-state index contributed by atoms with van der Waals surface area (Å²) in [5.74, 6) is 1.31. The van der Waals surface area contributed by atoms with Gasteiger partial charge in [-0.05, 0) is 43.2 Å². The van der Waals surface area contributed by atoms with Gasteiger partial charge < -0.3 is 15.4 Å². The third kappa shape index (κ3) is 3.13. The summed E-state index contributed by atoms with van der Waals surface area (Å²) in [5.41, 5.74) is 9.96. The number of rotatable bonds is 4. The SMILES string of the molecule is CCc1nc2c(N)nc3cc(-c4ccncc4)ccc3c2n1CC(C)(C)O. The molecule has 0 atom stereocenters. The van der Waals surface area contributed by atoms with Gasteiger partial charge in [-0.15, -0.1) is 0 Å². The molecule has 6 heteroatoms. The third-order valence-electron chi connectivity index (χ3n) is 4.66. The van der Waals surface area contributed by atoms with Crippen molar-refractivity contribution in [3.8, 4) is 11.1 Å². The minimum atomic E-state index is -0.862. The van der Waals surface area contributed by atoms with Crippen molar-refractivity contribution in [2.45, 2.75) is 39.3 Å². The number of aromatic nitrogens is 4. The fraction of sp³-hybridized carbons (Fsp3) is 0.286. The van der Waals surface area contributed by atoms with Crippen LogP contribution < -0.4 is 5.73 Å². The molecule has 0 saturated carbocycles. The van der Waals surface area contributed by atoms with Crippen LogP contribution in [0.5, 0.6) is 0 Å². The van der Waals surface area contributed by atoms with E-state index in [0.29, 0.717) is 17.9 Å². The standard InChI is InChI=1S/C21H23N5O/c1-4-17-25-18-19(26(17)12-21(2,3)27)15-6-5-14(11-16(15)24-20(18)22)13-7-9-23-10-8-13/h5-11,27H,4,12H2,1-3H3,(H2,22,24). The van der Waals surface area contributed by atoms with E-state index in [1.165, 1.54) is 0 Å². The molecule has 0 aliphatic rings. The molecule has 0 aliphatic heterocycles. The van der Waals surface area contributed by atoms with Gasteiger partial charge in [-0.25, -0.2) is 9.97 Å². The number of hydrogen-bond donors (Lipinski definition) is 2. The highest BCUT2D eigenvalue weighted by molar-refractivity contribution is 6.07. The number of hydrogen-bond acceptors (Lipinski definition) is 5. The van der Waals surface area contributed by atoms with Crippen LogP contribution >= 0.6 is 0 Å². The summed E-state index contributed by atoms with van der Waals surface area (Å²) >= 11 is 0. The molecular weight excluding hydrogens is 338 g/mol. The van der Waals surface area contributed by atoms with Gasteiger partial charge in [-0.1, -0.05) is 19.1 Å². The summed E-state index contributed by atoms with van der Waals surface area (Å²) in [4.78, 5) is 13.4. The lowest BCUT2D eigenvalue weighted by atomic mass is 10.0. The van der Waals surface area contributed by atoms with Crippen LogP contribution in [-0.2, 0) is 13.0 Å². The largest absolute Gasteiger partial charge is 0.389 e. The van der Waals surface area contributed by atoms with E-state index in [1.54, 1.807) is 26.2 Å². The third-order valence-corrected chi connectivity index (χ3v) is 4.66. The second-order valence-corrected chi connectivity index (χ2v) is 7.44. The van der Waals surface area contributed by atoms with Crippen molar-refractivity contribution in [2.75, 3.05) is 5.73 Å². The van der Waals surface area contributed by atoms with E-state index >= 15 is 0 Å². The molecule has 0 radical (unpaired) electrons. The quantitative estimate of drug-likeness (QED) is 0.580. The molecule has 4 rings (SSSR count). The van der Waals surface area contributed by atoms with Crippen LogP contribution in [0.4, 0.5) is 5.82 Å². The van der Waals surface area contributed by atoms with Crippen molar-refractivity contribution in [3.05, 3.63) is 48.5 Å². The van der Waals surface area contributed by atoms with E-state index in [1.807, 2.05) is 18.2 Å². The zero-order chi connectivity index (χ0) is 19.2.